The summed E-state index contributed by atoms with van der Waals surface area (Å²) in [5.74, 6) is 1.48. The molecule has 2 aromatic rings. The van der Waals surface area contributed by atoms with Crippen LogP contribution in [0.5, 0.6) is 11.5 Å². The van der Waals surface area contributed by atoms with E-state index >= 15 is 0 Å². The molecule has 6 nitrogen and oxygen atoms in total. The van der Waals surface area contributed by atoms with Gasteiger partial charge in [0.1, 0.15) is 13.2 Å². The first-order valence-electron chi connectivity index (χ1n) is 8.09. The smallest absolute Gasteiger partial charge is 0.315 e. The van der Waals surface area contributed by atoms with E-state index in [4.69, 9.17) is 9.47 Å². The van der Waals surface area contributed by atoms with Crippen LogP contribution in [0.25, 0.3) is 0 Å². The van der Waals surface area contributed by atoms with Crippen molar-refractivity contribution >= 4 is 6.03 Å². The number of amides is 2. The van der Waals surface area contributed by atoms with Crippen LogP contribution in [0.4, 0.5) is 4.79 Å². The van der Waals surface area contributed by atoms with Crippen molar-refractivity contribution in [1.82, 2.24) is 15.2 Å². The molecule has 3 rings (SSSR count). The number of benzene rings is 1. The Labute approximate surface area is 141 Å². The number of hydrogen-bond donors (Lipinski definition) is 2. The number of nitrogens with one attached hydrogen (secondary N) is 2. The maximum Gasteiger partial charge on any atom is 0.315 e. The number of nitrogens with zero attached hydrogens (tertiary/aromatic N) is 1. The Kier molecular flexibility index (Phi) is 4.64. The van der Waals surface area contributed by atoms with E-state index in [1.54, 1.807) is 0 Å². The summed E-state index contributed by atoms with van der Waals surface area (Å²) < 4.78 is 13.2. The molecule has 24 heavy (non-hydrogen) atoms. The van der Waals surface area contributed by atoms with E-state index in [1.807, 2.05) is 51.2 Å². The van der Waals surface area contributed by atoms with Crippen molar-refractivity contribution in [2.24, 2.45) is 7.05 Å². The molecular formula is C18H23N3O3. The molecule has 1 aromatic heterocycles. The topological polar surface area (TPSA) is 64.5 Å². The molecule has 128 valence electrons. The maximum absolute atomic E-state index is 12.1. The standard InChI is InChI=1S/C18H23N3O3/c1-12-4-6-15(21(12)3)11-19-18(22)20-13(2)14-5-7-16-17(10-14)24-9-8-23-16/h4-7,10,13H,8-9,11H2,1-3H3,(H2,19,20,22)/t13-/m1/s1. The van der Waals surface area contributed by atoms with E-state index in [1.165, 1.54) is 0 Å². The van der Waals surface area contributed by atoms with Crippen LogP contribution < -0.4 is 20.1 Å². The van der Waals surface area contributed by atoms with Crippen LogP contribution >= 0.6 is 0 Å². The number of carbonyl (C=O) groups excluding carboxylic acids is 1. The molecule has 0 bridgehead atoms. The lowest BCUT2D eigenvalue weighted by Crippen LogP contribution is -2.37. The fourth-order valence-corrected chi connectivity index (χ4v) is 2.68. The average molecular weight is 329 g/mol. The third-order valence-electron chi connectivity index (χ3n) is 4.32. The summed E-state index contributed by atoms with van der Waals surface area (Å²) in [6, 6.07) is 9.46. The number of aryl methyl sites for hydroxylation is 1. The fourth-order valence-electron chi connectivity index (χ4n) is 2.68. The van der Waals surface area contributed by atoms with Crippen molar-refractivity contribution in [2.45, 2.75) is 26.4 Å². The predicted octanol–water partition coefficient (Wildman–Crippen LogP) is 2.67. The van der Waals surface area contributed by atoms with Gasteiger partial charge in [-0.3, -0.25) is 0 Å². The molecule has 2 N–H and O–H groups in total. The Bertz CT molecular complexity index is 739. The van der Waals surface area contributed by atoms with Gasteiger partial charge in [0.15, 0.2) is 11.5 Å². The van der Waals surface area contributed by atoms with Crippen LogP contribution in [-0.2, 0) is 13.6 Å². The molecular weight excluding hydrogens is 306 g/mol. The van der Waals surface area contributed by atoms with Gasteiger partial charge in [-0.05, 0) is 43.7 Å². The number of rotatable bonds is 4. The quantitative estimate of drug-likeness (QED) is 0.906. The molecule has 6 heteroatoms. The summed E-state index contributed by atoms with van der Waals surface area (Å²) in [5, 5.41) is 5.83. The van der Waals surface area contributed by atoms with Gasteiger partial charge >= 0.3 is 6.03 Å². The third-order valence-corrected chi connectivity index (χ3v) is 4.32. The Hall–Kier alpha value is -2.63. The van der Waals surface area contributed by atoms with Crippen molar-refractivity contribution in [3.8, 4) is 11.5 Å². The third kappa shape index (κ3) is 3.48. The van der Waals surface area contributed by atoms with E-state index in [9.17, 15) is 4.79 Å². The van der Waals surface area contributed by atoms with E-state index < -0.39 is 0 Å². The first kappa shape index (κ1) is 16.2. The lowest BCUT2D eigenvalue weighted by atomic mass is 10.1. The molecule has 0 radical (unpaired) electrons. The van der Waals surface area contributed by atoms with Gasteiger partial charge in [-0.2, -0.15) is 0 Å². The Morgan fingerprint density at radius 3 is 2.67 bits per heavy atom. The van der Waals surface area contributed by atoms with Gasteiger partial charge in [-0.25, -0.2) is 4.79 Å². The zero-order chi connectivity index (χ0) is 17.1. The van der Waals surface area contributed by atoms with Gasteiger partial charge in [-0.1, -0.05) is 6.07 Å². The van der Waals surface area contributed by atoms with Gasteiger partial charge in [0.05, 0.1) is 12.6 Å². The first-order valence-corrected chi connectivity index (χ1v) is 8.09. The Balaban J connectivity index is 1.57. The van der Waals surface area contributed by atoms with Crippen LogP contribution in [0.2, 0.25) is 0 Å². The number of hydrogen-bond acceptors (Lipinski definition) is 3. The summed E-state index contributed by atoms with van der Waals surface area (Å²) >= 11 is 0. The molecule has 0 unspecified atom stereocenters. The van der Waals surface area contributed by atoms with Crippen molar-refractivity contribution < 1.29 is 14.3 Å². The maximum atomic E-state index is 12.1. The molecule has 0 fully saturated rings. The monoisotopic (exact) mass is 329 g/mol. The second kappa shape index (κ2) is 6.86. The summed E-state index contributed by atoms with van der Waals surface area (Å²) in [7, 11) is 1.99. The number of carbonyl (C=O) groups is 1. The van der Waals surface area contributed by atoms with E-state index in [-0.39, 0.29) is 12.1 Å². The molecule has 1 aliphatic heterocycles. The van der Waals surface area contributed by atoms with Gasteiger partial charge in [0.2, 0.25) is 0 Å². The van der Waals surface area contributed by atoms with Crippen LogP contribution in [0, 0.1) is 6.92 Å². The predicted molar refractivity (Wildman–Crippen MR) is 91.4 cm³/mol. The molecule has 1 atom stereocenters. The largest absolute Gasteiger partial charge is 0.486 e. The van der Waals surface area contributed by atoms with E-state index in [0.717, 1.165) is 28.5 Å². The number of ether oxygens (including phenoxy) is 2. The molecule has 0 spiro atoms. The molecule has 1 aromatic carbocycles. The van der Waals surface area contributed by atoms with E-state index in [0.29, 0.717) is 19.8 Å². The highest BCUT2D eigenvalue weighted by molar-refractivity contribution is 5.74. The lowest BCUT2D eigenvalue weighted by Gasteiger charge is -2.21. The van der Waals surface area contributed by atoms with E-state index in [2.05, 4.69) is 15.2 Å². The minimum absolute atomic E-state index is 0.129. The number of fused-ring (bicyclic) bond motifs is 1. The normalized spacial score (nSPS) is 14.1. The van der Waals surface area contributed by atoms with Crippen molar-refractivity contribution in [2.75, 3.05) is 13.2 Å². The number of urea groups is 1. The van der Waals surface area contributed by atoms with Gasteiger partial charge in [0, 0.05) is 18.4 Å². The zero-order valence-corrected chi connectivity index (χ0v) is 14.3. The van der Waals surface area contributed by atoms with Crippen molar-refractivity contribution in [3.05, 3.63) is 47.3 Å². The summed E-state index contributed by atoms with van der Waals surface area (Å²) in [6.45, 7) is 5.59. The second-order valence-corrected chi connectivity index (χ2v) is 5.98. The number of aromatic nitrogens is 1. The first-order chi connectivity index (χ1) is 11.5. The fraction of sp³-hybridized carbons (Fsp3) is 0.389. The minimum Gasteiger partial charge on any atom is -0.486 e. The zero-order valence-electron chi connectivity index (χ0n) is 14.3. The Morgan fingerprint density at radius 2 is 1.96 bits per heavy atom. The summed E-state index contributed by atoms with van der Waals surface area (Å²) in [5.41, 5.74) is 3.20. The van der Waals surface area contributed by atoms with Crippen LogP contribution in [-0.4, -0.2) is 23.8 Å². The molecule has 0 saturated carbocycles. The molecule has 0 saturated heterocycles. The summed E-state index contributed by atoms with van der Waals surface area (Å²) in [4.78, 5) is 12.1. The van der Waals surface area contributed by atoms with Crippen molar-refractivity contribution in [1.29, 1.82) is 0 Å². The van der Waals surface area contributed by atoms with Crippen LogP contribution in [0.15, 0.2) is 30.3 Å². The second-order valence-electron chi connectivity index (χ2n) is 5.98. The highest BCUT2D eigenvalue weighted by Gasteiger charge is 2.15. The average Bonchev–Trinajstić information content (AvgIpc) is 2.91. The van der Waals surface area contributed by atoms with Crippen molar-refractivity contribution in [3.63, 3.8) is 0 Å². The van der Waals surface area contributed by atoms with Gasteiger partial charge in [0.25, 0.3) is 0 Å². The molecule has 1 aliphatic rings. The van der Waals surface area contributed by atoms with Gasteiger partial charge < -0.3 is 24.7 Å². The highest BCUT2D eigenvalue weighted by atomic mass is 16.6. The summed E-state index contributed by atoms with van der Waals surface area (Å²) in [6.07, 6.45) is 0. The van der Waals surface area contributed by atoms with Gasteiger partial charge in [-0.15, -0.1) is 0 Å². The lowest BCUT2D eigenvalue weighted by molar-refractivity contribution is 0.171. The highest BCUT2D eigenvalue weighted by Crippen LogP contribution is 2.32. The SMILES string of the molecule is Cc1ccc(CNC(=O)N[C@H](C)c2ccc3c(c2)OCCO3)n1C. The molecule has 0 aliphatic carbocycles. The Morgan fingerprint density at radius 1 is 1.21 bits per heavy atom. The molecule has 2 amide bonds. The molecule has 2 heterocycles. The minimum atomic E-state index is -0.198. The van der Waals surface area contributed by atoms with Crippen LogP contribution in [0.1, 0.15) is 29.9 Å². The van der Waals surface area contributed by atoms with Crippen LogP contribution in [0.3, 0.4) is 0 Å².